The number of nitrogens with two attached hydrogens (primary N) is 1. The zero-order valence-electron chi connectivity index (χ0n) is 25.2. The number of nitrogens with zero attached hydrogens (tertiary/aromatic N) is 7. The van der Waals surface area contributed by atoms with Gasteiger partial charge < -0.3 is 29.4 Å². The third kappa shape index (κ3) is 4.44. The molecule has 10 nitrogen and oxygen atoms in total. The van der Waals surface area contributed by atoms with E-state index in [-0.39, 0.29) is 18.0 Å². The first-order valence-electron chi connectivity index (χ1n) is 15.3. The second kappa shape index (κ2) is 10.5. The van der Waals surface area contributed by atoms with Crippen LogP contribution in [-0.4, -0.2) is 68.7 Å². The minimum Gasteiger partial charge on any atom is -0.494 e. The number of aryl methyl sites for hydroxylation is 1. The van der Waals surface area contributed by atoms with Crippen LogP contribution >= 0.6 is 11.6 Å². The largest absolute Gasteiger partial charge is 0.494 e. The zero-order chi connectivity index (χ0) is 31.0. The molecule has 1 amide bonds. The summed E-state index contributed by atoms with van der Waals surface area (Å²) >= 11 is 6.36. The van der Waals surface area contributed by atoms with Crippen LogP contribution in [0.1, 0.15) is 28.8 Å². The number of carbonyl (C=O) groups excluding carboxylic acids is 1. The number of rotatable bonds is 6. The average molecular weight is 621 g/mol. The molecule has 11 heteroatoms. The maximum Gasteiger partial charge on any atom is 0.254 e. The second-order valence-electron chi connectivity index (χ2n) is 12.6. The van der Waals surface area contributed by atoms with Crippen LogP contribution in [0.3, 0.4) is 0 Å². The molecule has 2 saturated heterocycles. The molecule has 3 aliphatic rings. The first-order chi connectivity index (χ1) is 21.8. The number of benzene rings is 2. The number of ether oxygens (including phenoxy) is 1. The standard InChI is InChI=1S/C34H33ClN8O2/c1-40-27-6-4-24(35)8-22(27)10-29(40)33-39-26-9-23(34(44)42-18-21-3-5-28(42)31(21)37)11-30(45-2)32(26)43(33)17-20-15-41(16-20)25-7-19(12-36)13-38-14-25/h4,6-11,13-14,20-21,28,31H,3,5,15-18,37H2,1-2H3/t21?,28?,31-/m1/s1. The number of anilines is 1. The fourth-order valence-corrected chi connectivity index (χ4v) is 7.86. The number of methoxy groups -OCH3 is 1. The van der Waals surface area contributed by atoms with E-state index in [0.29, 0.717) is 52.3 Å². The minimum absolute atomic E-state index is 0.0176. The lowest BCUT2D eigenvalue weighted by Crippen LogP contribution is -2.48. The Morgan fingerprint density at radius 1 is 1.13 bits per heavy atom. The highest BCUT2D eigenvalue weighted by Crippen LogP contribution is 2.40. The Hall–Kier alpha value is -4.59. The van der Waals surface area contributed by atoms with Crippen molar-refractivity contribution in [3.05, 3.63) is 71.0 Å². The van der Waals surface area contributed by atoms with E-state index in [0.717, 1.165) is 59.6 Å². The van der Waals surface area contributed by atoms with Crippen molar-refractivity contribution >= 4 is 45.1 Å². The molecule has 0 radical (unpaired) electrons. The summed E-state index contributed by atoms with van der Waals surface area (Å²) in [6.07, 6.45) is 5.42. The number of halogens is 1. The van der Waals surface area contributed by atoms with E-state index in [1.165, 1.54) is 0 Å². The van der Waals surface area contributed by atoms with Gasteiger partial charge in [0.05, 0.1) is 35.8 Å². The summed E-state index contributed by atoms with van der Waals surface area (Å²) < 4.78 is 10.3. The lowest BCUT2D eigenvalue weighted by atomic mass is 9.98. The van der Waals surface area contributed by atoms with E-state index >= 15 is 0 Å². The van der Waals surface area contributed by atoms with Gasteiger partial charge in [0.25, 0.3) is 5.91 Å². The number of hydrogen-bond donors (Lipinski definition) is 1. The van der Waals surface area contributed by atoms with Gasteiger partial charge in [-0.05, 0) is 61.2 Å². The third-order valence-electron chi connectivity index (χ3n) is 10.0. The van der Waals surface area contributed by atoms with E-state index < -0.39 is 0 Å². The highest BCUT2D eigenvalue weighted by molar-refractivity contribution is 6.31. The number of carbonyl (C=O) groups is 1. The topological polar surface area (TPSA) is 118 Å². The van der Waals surface area contributed by atoms with Gasteiger partial charge in [0.2, 0.25) is 0 Å². The van der Waals surface area contributed by atoms with Crippen LogP contribution in [0.4, 0.5) is 5.69 Å². The summed E-state index contributed by atoms with van der Waals surface area (Å²) in [7, 11) is 3.68. The van der Waals surface area contributed by atoms with Gasteiger partial charge in [-0.1, -0.05) is 11.6 Å². The van der Waals surface area contributed by atoms with Crippen molar-refractivity contribution in [3.63, 3.8) is 0 Å². The Morgan fingerprint density at radius 3 is 2.71 bits per heavy atom. The van der Waals surface area contributed by atoms with E-state index in [1.807, 2.05) is 48.3 Å². The van der Waals surface area contributed by atoms with Gasteiger partial charge in [0, 0.05) is 78.9 Å². The lowest BCUT2D eigenvalue weighted by molar-refractivity contribution is 0.0700. The SMILES string of the molecule is COc1cc(C(=O)N2CC3CCC2[C@@H]3N)cc2nc(-c3cc4cc(Cl)ccc4n3C)n(CC3CN(c4cncc(C#N)c4)C3)c12. The number of piperidine rings is 1. The predicted molar refractivity (Wildman–Crippen MR) is 173 cm³/mol. The Kier molecular flexibility index (Phi) is 6.52. The zero-order valence-corrected chi connectivity index (χ0v) is 25.9. The van der Waals surface area contributed by atoms with Gasteiger partial charge in [-0.15, -0.1) is 0 Å². The first kappa shape index (κ1) is 27.9. The summed E-state index contributed by atoms with van der Waals surface area (Å²) in [5.41, 5.74) is 12.1. The molecule has 0 spiro atoms. The van der Waals surface area contributed by atoms with Crippen LogP contribution in [0.25, 0.3) is 33.5 Å². The number of likely N-dealkylation sites (tertiary alicyclic amines) is 1. The number of nitriles is 1. The van der Waals surface area contributed by atoms with Gasteiger partial charge in [-0.2, -0.15) is 5.26 Å². The molecule has 3 atom stereocenters. The molecular formula is C34H33ClN8O2. The molecule has 2 unspecified atom stereocenters. The van der Waals surface area contributed by atoms with Crippen LogP contribution < -0.4 is 15.4 Å². The van der Waals surface area contributed by atoms with Gasteiger partial charge in [-0.25, -0.2) is 4.98 Å². The van der Waals surface area contributed by atoms with Crippen molar-refractivity contribution in [2.24, 2.45) is 24.6 Å². The molecule has 2 N–H and O–H groups in total. The summed E-state index contributed by atoms with van der Waals surface area (Å²) in [4.78, 5) is 27.4. The normalized spacial score (nSPS) is 21.1. The summed E-state index contributed by atoms with van der Waals surface area (Å²) in [5, 5.41) is 11.0. The van der Waals surface area contributed by atoms with Gasteiger partial charge in [0.1, 0.15) is 17.3 Å². The molecule has 5 heterocycles. The molecule has 5 aromatic rings. The lowest BCUT2D eigenvalue weighted by Gasteiger charge is -2.41. The quantitative estimate of drug-likeness (QED) is 0.289. The minimum atomic E-state index is -0.0176. The van der Waals surface area contributed by atoms with Crippen molar-refractivity contribution in [1.82, 2.24) is 24.0 Å². The number of fused-ring (bicyclic) bond motifs is 4. The number of amides is 1. The van der Waals surface area contributed by atoms with Crippen molar-refractivity contribution in [3.8, 4) is 23.3 Å². The van der Waals surface area contributed by atoms with E-state index in [2.05, 4.69) is 31.2 Å². The highest BCUT2D eigenvalue weighted by Gasteiger charge is 2.47. The Morgan fingerprint density at radius 2 is 1.98 bits per heavy atom. The van der Waals surface area contributed by atoms with E-state index in [9.17, 15) is 10.1 Å². The maximum atomic E-state index is 13.8. The summed E-state index contributed by atoms with van der Waals surface area (Å²) in [6.45, 7) is 3.03. The molecule has 2 aromatic carbocycles. The van der Waals surface area contributed by atoms with E-state index in [4.69, 9.17) is 27.1 Å². The van der Waals surface area contributed by atoms with Gasteiger partial charge >= 0.3 is 0 Å². The number of imidazole rings is 1. The number of aromatic nitrogens is 4. The van der Waals surface area contributed by atoms with Crippen LogP contribution in [-0.2, 0) is 13.6 Å². The van der Waals surface area contributed by atoms with Crippen molar-refractivity contribution in [2.45, 2.75) is 31.5 Å². The third-order valence-corrected chi connectivity index (χ3v) is 10.3. The molecule has 2 aliphatic heterocycles. The van der Waals surface area contributed by atoms with Gasteiger partial charge in [-0.3, -0.25) is 9.78 Å². The molecule has 1 aliphatic carbocycles. The predicted octanol–water partition coefficient (Wildman–Crippen LogP) is 4.82. The molecule has 228 valence electrons. The summed E-state index contributed by atoms with van der Waals surface area (Å²) in [5.74, 6) is 2.10. The number of hydrogen-bond acceptors (Lipinski definition) is 7. The smallest absolute Gasteiger partial charge is 0.254 e. The molecule has 1 saturated carbocycles. The summed E-state index contributed by atoms with van der Waals surface area (Å²) in [6, 6.07) is 16.0. The Bertz CT molecular complexity index is 2040. The highest BCUT2D eigenvalue weighted by atomic mass is 35.5. The van der Waals surface area contributed by atoms with Crippen LogP contribution in [0.15, 0.2) is 54.9 Å². The van der Waals surface area contributed by atoms with Crippen LogP contribution in [0.5, 0.6) is 5.75 Å². The maximum absolute atomic E-state index is 13.8. The van der Waals surface area contributed by atoms with Crippen LogP contribution in [0.2, 0.25) is 5.02 Å². The van der Waals surface area contributed by atoms with E-state index in [1.54, 1.807) is 19.5 Å². The molecule has 3 aromatic heterocycles. The van der Waals surface area contributed by atoms with Crippen LogP contribution in [0, 0.1) is 23.2 Å². The molecule has 3 fully saturated rings. The first-order valence-corrected chi connectivity index (χ1v) is 15.7. The fourth-order valence-electron chi connectivity index (χ4n) is 7.68. The average Bonchev–Trinajstić information content (AvgIpc) is 3.77. The number of pyridine rings is 1. The van der Waals surface area contributed by atoms with Crippen molar-refractivity contribution in [1.29, 1.82) is 5.26 Å². The second-order valence-corrected chi connectivity index (χ2v) is 13.1. The molecule has 8 rings (SSSR count). The van der Waals surface area contributed by atoms with Crippen molar-refractivity contribution < 1.29 is 9.53 Å². The molecule has 45 heavy (non-hydrogen) atoms. The Balaban J connectivity index is 1.20. The molecule has 2 bridgehead atoms. The Labute approximate surface area is 265 Å². The van der Waals surface area contributed by atoms with Gasteiger partial charge in [0.15, 0.2) is 5.82 Å². The monoisotopic (exact) mass is 620 g/mol. The fraction of sp³-hybridized carbons (Fsp3) is 0.353. The molecular weight excluding hydrogens is 588 g/mol. The van der Waals surface area contributed by atoms with Crippen molar-refractivity contribution in [2.75, 3.05) is 31.6 Å².